The molecule has 0 unspecified atom stereocenters. The monoisotopic (exact) mass is 317 g/mol. The van der Waals surface area contributed by atoms with Gasteiger partial charge in [-0.3, -0.25) is 9.59 Å². The van der Waals surface area contributed by atoms with E-state index in [0.29, 0.717) is 14.8 Å². The zero-order valence-corrected chi connectivity index (χ0v) is 13.0. The molecule has 6 heteroatoms. The zero-order valence-electron chi connectivity index (χ0n) is 11.4. The number of Topliss-reactive ketones (excluding diaryl/α,β-unsaturated/α-hetero) is 2. The molecule has 0 N–H and O–H groups in total. The molecular formula is C15H11NO3S2. The lowest BCUT2D eigenvalue weighted by Crippen LogP contribution is -2.20. The summed E-state index contributed by atoms with van der Waals surface area (Å²) >= 11 is 2.49. The van der Waals surface area contributed by atoms with Crippen LogP contribution in [-0.2, 0) is 4.74 Å². The van der Waals surface area contributed by atoms with Crippen molar-refractivity contribution in [1.29, 1.82) is 0 Å². The van der Waals surface area contributed by atoms with Crippen molar-refractivity contribution >= 4 is 34.7 Å². The van der Waals surface area contributed by atoms with E-state index < -0.39 is 0 Å². The SMILES string of the molecule is COC1=C(Sc2ccccc2)C(=O)c2sc(C)nc2C1=O. The second-order valence-corrected chi connectivity index (χ2v) is 6.63. The number of hydrogen-bond donors (Lipinski definition) is 0. The molecule has 4 nitrogen and oxygen atoms in total. The summed E-state index contributed by atoms with van der Waals surface area (Å²) in [5, 5.41) is 0.697. The highest BCUT2D eigenvalue weighted by atomic mass is 32.2. The predicted octanol–water partition coefficient (Wildman–Crippen LogP) is 3.48. The standard InChI is InChI=1S/C15H11NO3S2/c1-8-16-10-11(17)13(19-2)15(12(18)14(10)20-8)21-9-6-4-3-5-7-9/h3-7H,1-2H3. The van der Waals surface area contributed by atoms with Crippen molar-refractivity contribution in [3.05, 3.63) is 56.6 Å². The number of thioether (sulfide) groups is 1. The minimum Gasteiger partial charge on any atom is -0.491 e. The third-order valence-electron chi connectivity index (χ3n) is 2.94. The van der Waals surface area contributed by atoms with Gasteiger partial charge in [-0.05, 0) is 19.1 Å². The van der Waals surface area contributed by atoms with Gasteiger partial charge in [-0.1, -0.05) is 30.0 Å². The summed E-state index contributed by atoms with van der Waals surface area (Å²) in [6.07, 6.45) is 0. The lowest BCUT2D eigenvalue weighted by atomic mass is 10.1. The third-order valence-corrected chi connectivity index (χ3v) is 4.99. The Morgan fingerprint density at radius 3 is 2.52 bits per heavy atom. The van der Waals surface area contributed by atoms with Gasteiger partial charge in [-0.25, -0.2) is 4.98 Å². The number of benzene rings is 1. The Morgan fingerprint density at radius 1 is 1.14 bits per heavy atom. The molecule has 2 aromatic rings. The number of carbonyl (C=O) groups is 2. The Hall–Kier alpha value is -1.92. The van der Waals surface area contributed by atoms with Crippen LogP contribution in [0.25, 0.3) is 0 Å². The van der Waals surface area contributed by atoms with E-state index in [1.165, 1.54) is 30.2 Å². The smallest absolute Gasteiger partial charge is 0.248 e. The first kappa shape index (κ1) is 14.0. The molecule has 0 saturated carbocycles. The van der Waals surface area contributed by atoms with E-state index >= 15 is 0 Å². The Labute approximate surface area is 129 Å². The maximum atomic E-state index is 12.6. The maximum Gasteiger partial charge on any atom is 0.248 e. The van der Waals surface area contributed by atoms with E-state index in [-0.39, 0.29) is 23.0 Å². The van der Waals surface area contributed by atoms with Crippen molar-refractivity contribution in [2.24, 2.45) is 0 Å². The number of methoxy groups -OCH3 is 1. The van der Waals surface area contributed by atoms with Gasteiger partial charge in [-0.2, -0.15) is 0 Å². The molecule has 0 bridgehead atoms. The summed E-state index contributed by atoms with van der Waals surface area (Å²) in [6.45, 7) is 1.78. The molecule has 1 aromatic heterocycles. The second kappa shape index (κ2) is 5.46. The average molecular weight is 317 g/mol. The Kier molecular flexibility index (Phi) is 3.65. The molecule has 0 spiro atoms. The van der Waals surface area contributed by atoms with Crippen molar-refractivity contribution in [3.8, 4) is 0 Å². The lowest BCUT2D eigenvalue weighted by Gasteiger charge is -2.15. The van der Waals surface area contributed by atoms with Crippen LogP contribution < -0.4 is 0 Å². The van der Waals surface area contributed by atoms with Gasteiger partial charge >= 0.3 is 0 Å². The largest absolute Gasteiger partial charge is 0.491 e. The van der Waals surface area contributed by atoms with Crippen molar-refractivity contribution in [1.82, 2.24) is 4.98 Å². The van der Waals surface area contributed by atoms with E-state index in [1.54, 1.807) is 6.92 Å². The Bertz CT molecular complexity index is 762. The first-order valence-electron chi connectivity index (χ1n) is 6.20. The summed E-state index contributed by atoms with van der Waals surface area (Å²) in [5.41, 5.74) is 0.205. The Morgan fingerprint density at radius 2 is 1.86 bits per heavy atom. The molecule has 0 aliphatic heterocycles. The van der Waals surface area contributed by atoms with Crippen molar-refractivity contribution in [3.63, 3.8) is 0 Å². The van der Waals surface area contributed by atoms with Crippen LogP contribution in [0.4, 0.5) is 0 Å². The van der Waals surface area contributed by atoms with Crippen molar-refractivity contribution < 1.29 is 14.3 Å². The number of allylic oxidation sites excluding steroid dienone is 2. The average Bonchev–Trinajstić information content (AvgIpc) is 2.88. The van der Waals surface area contributed by atoms with Gasteiger partial charge in [0.2, 0.25) is 11.6 Å². The normalized spacial score (nSPS) is 14.4. The molecule has 0 atom stereocenters. The highest BCUT2D eigenvalue weighted by molar-refractivity contribution is 8.04. The molecular weight excluding hydrogens is 306 g/mol. The van der Waals surface area contributed by atoms with E-state index in [4.69, 9.17) is 4.74 Å². The van der Waals surface area contributed by atoms with Crippen LogP contribution in [0.2, 0.25) is 0 Å². The van der Waals surface area contributed by atoms with Gasteiger partial charge in [0.05, 0.1) is 12.1 Å². The number of ether oxygens (including phenoxy) is 1. The third kappa shape index (κ3) is 2.41. The Balaban J connectivity index is 2.08. The number of carbonyl (C=O) groups excluding carboxylic acids is 2. The number of aryl methyl sites for hydroxylation is 1. The van der Waals surface area contributed by atoms with Gasteiger partial charge in [0.25, 0.3) is 0 Å². The van der Waals surface area contributed by atoms with E-state index in [2.05, 4.69) is 4.98 Å². The summed E-state index contributed by atoms with van der Waals surface area (Å²) in [7, 11) is 1.40. The first-order valence-corrected chi connectivity index (χ1v) is 7.83. The minimum absolute atomic E-state index is 0.0756. The fourth-order valence-electron chi connectivity index (χ4n) is 2.04. The molecule has 0 fully saturated rings. The molecule has 1 aromatic carbocycles. The second-order valence-electron chi connectivity index (χ2n) is 4.35. The maximum absolute atomic E-state index is 12.6. The van der Waals surface area contributed by atoms with E-state index in [9.17, 15) is 9.59 Å². The number of rotatable bonds is 3. The van der Waals surface area contributed by atoms with Crippen LogP contribution in [0.3, 0.4) is 0 Å². The van der Waals surface area contributed by atoms with Crippen molar-refractivity contribution in [2.75, 3.05) is 7.11 Å². The number of nitrogens with zero attached hydrogens (tertiary/aromatic N) is 1. The van der Waals surface area contributed by atoms with Crippen LogP contribution in [-0.4, -0.2) is 23.7 Å². The topological polar surface area (TPSA) is 56.3 Å². The highest BCUT2D eigenvalue weighted by Gasteiger charge is 2.36. The predicted molar refractivity (Wildman–Crippen MR) is 81.8 cm³/mol. The molecule has 106 valence electrons. The van der Waals surface area contributed by atoms with Gasteiger partial charge < -0.3 is 4.74 Å². The van der Waals surface area contributed by atoms with Crippen molar-refractivity contribution in [2.45, 2.75) is 11.8 Å². The van der Waals surface area contributed by atoms with Gasteiger partial charge in [0, 0.05) is 4.90 Å². The minimum atomic E-state index is -0.324. The fourth-order valence-corrected chi connectivity index (χ4v) is 3.96. The number of ketones is 2. The number of hydrogen-bond acceptors (Lipinski definition) is 6. The van der Waals surface area contributed by atoms with Gasteiger partial charge in [0.1, 0.15) is 15.5 Å². The van der Waals surface area contributed by atoms with E-state index in [0.717, 1.165) is 4.90 Å². The summed E-state index contributed by atoms with van der Waals surface area (Å²) in [5.74, 6) is -0.442. The number of thiazole rings is 1. The zero-order chi connectivity index (χ0) is 15.0. The van der Waals surface area contributed by atoms with Crippen LogP contribution in [0.5, 0.6) is 0 Å². The summed E-state index contributed by atoms with van der Waals surface area (Å²) in [4.78, 5) is 30.8. The highest BCUT2D eigenvalue weighted by Crippen LogP contribution is 2.38. The molecule has 1 heterocycles. The van der Waals surface area contributed by atoms with Gasteiger partial charge in [0.15, 0.2) is 5.76 Å². The van der Waals surface area contributed by atoms with Crippen LogP contribution in [0.1, 0.15) is 25.2 Å². The molecule has 0 saturated heterocycles. The summed E-state index contributed by atoms with van der Waals surface area (Å²) < 4.78 is 5.18. The van der Waals surface area contributed by atoms with Crippen LogP contribution in [0, 0.1) is 6.92 Å². The summed E-state index contributed by atoms with van der Waals surface area (Å²) in [6, 6.07) is 9.43. The molecule has 3 rings (SSSR count). The quantitative estimate of drug-likeness (QED) is 0.867. The van der Waals surface area contributed by atoms with Crippen LogP contribution >= 0.6 is 23.1 Å². The number of fused-ring (bicyclic) bond motifs is 1. The first-order chi connectivity index (χ1) is 10.1. The van der Waals surface area contributed by atoms with Gasteiger partial charge in [-0.15, -0.1) is 11.3 Å². The molecule has 1 aliphatic rings. The molecule has 1 aliphatic carbocycles. The molecule has 0 radical (unpaired) electrons. The van der Waals surface area contributed by atoms with Crippen LogP contribution in [0.15, 0.2) is 45.9 Å². The molecule has 0 amide bonds. The molecule has 21 heavy (non-hydrogen) atoms. The lowest BCUT2D eigenvalue weighted by molar-refractivity contribution is 0.0911. The number of aromatic nitrogens is 1. The van der Waals surface area contributed by atoms with E-state index in [1.807, 2.05) is 30.3 Å². The fraction of sp³-hybridized carbons (Fsp3) is 0.133.